The number of hydrogen-bond acceptors (Lipinski definition) is 6. The second-order valence-electron chi connectivity index (χ2n) is 4.14. The summed E-state index contributed by atoms with van der Waals surface area (Å²) in [5, 5.41) is 0.0335. The van der Waals surface area contributed by atoms with Crippen LogP contribution in [0.15, 0.2) is 16.2 Å². The molecule has 0 amide bonds. The van der Waals surface area contributed by atoms with Gasteiger partial charge < -0.3 is 10.6 Å². The SMILES string of the molecule is CN1CCN(CC2=NC=C(N)S2(=O)=O)CC1. The number of sulfone groups is 1. The minimum Gasteiger partial charge on any atom is -0.388 e. The minimum absolute atomic E-state index is 0.142. The predicted molar refractivity (Wildman–Crippen MR) is 62.6 cm³/mol. The first-order chi connectivity index (χ1) is 7.50. The van der Waals surface area contributed by atoms with E-state index in [1.54, 1.807) is 0 Å². The lowest BCUT2D eigenvalue weighted by Gasteiger charge is -2.31. The molecular weight excluding hydrogens is 228 g/mol. The van der Waals surface area contributed by atoms with E-state index in [1.807, 2.05) is 0 Å². The van der Waals surface area contributed by atoms with E-state index in [1.165, 1.54) is 6.20 Å². The van der Waals surface area contributed by atoms with Gasteiger partial charge in [-0.1, -0.05) is 0 Å². The molecule has 6 nitrogen and oxygen atoms in total. The normalized spacial score (nSPS) is 26.6. The van der Waals surface area contributed by atoms with Crippen molar-refractivity contribution in [2.75, 3.05) is 39.8 Å². The van der Waals surface area contributed by atoms with E-state index in [2.05, 4.69) is 21.8 Å². The highest BCUT2D eigenvalue weighted by Crippen LogP contribution is 2.13. The van der Waals surface area contributed by atoms with E-state index >= 15 is 0 Å². The highest BCUT2D eigenvalue weighted by atomic mass is 32.2. The summed E-state index contributed by atoms with van der Waals surface area (Å²) in [7, 11) is -1.39. The van der Waals surface area contributed by atoms with Gasteiger partial charge in [0.2, 0.25) is 9.84 Å². The Morgan fingerprint density at radius 2 is 2.00 bits per heavy atom. The maximum atomic E-state index is 11.7. The molecule has 7 heteroatoms. The molecule has 0 bridgehead atoms. The van der Waals surface area contributed by atoms with Crippen molar-refractivity contribution in [1.29, 1.82) is 0 Å². The standard InChI is InChI=1S/C9H16N4O2S/c1-12-2-4-13(5-3-12)7-9-11-6-8(10)16(9,14)15/h6H,2-5,7,10H2,1H3. The third kappa shape index (κ3) is 2.11. The molecule has 2 aliphatic heterocycles. The molecule has 0 unspecified atom stereocenters. The van der Waals surface area contributed by atoms with Crippen molar-refractivity contribution in [3.8, 4) is 0 Å². The van der Waals surface area contributed by atoms with Gasteiger partial charge >= 0.3 is 0 Å². The maximum Gasteiger partial charge on any atom is 0.237 e. The van der Waals surface area contributed by atoms with Crippen LogP contribution in [0.25, 0.3) is 0 Å². The van der Waals surface area contributed by atoms with Crippen LogP contribution in [0.2, 0.25) is 0 Å². The fraction of sp³-hybridized carbons (Fsp3) is 0.667. The zero-order valence-corrected chi connectivity index (χ0v) is 10.1. The third-order valence-electron chi connectivity index (χ3n) is 2.91. The first kappa shape index (κ1) is 11.6. The summed E-state index contributed by atoms with van der Waals surface area (Å²) in [6, 6.07) is 0. The first-order valence-corrected chi connectivity index (χ1v) is 6.67. The lowest BCUT2D eigenvalue weighted by Crippen LogP contribution is -2.47. The molecule has 1 fully saturated rings. The number of nitrogens with two attached hydrogens (primary N) is 1. The lowest BCUT2D eigenvalue weighted by atomic mass is 10.3. The van der Waals surface area contributed by atoms with Crippen LogP contribution in [-0.4, -0.2) is 63.0 Å². The van der Waals surface area contributed by atoms with E-state index in [9.17, 15) is 8.42 Å². The second kappa shape index (κ2) is 4.15. The Hall–Kier alpha value is -0.920. The number of rotatable bonds is 2. The lowest BCUT2D eigenvalue weighted by molar-refractivity contribution is 0.171. The number of aliphatic imine (C=N–C) groups is 1. The molecule has 90 valence electrons. The molecule has 16 heavy (non-hydrogen) atoms. The van der Waals surface area contributed by atoms with Crippen LogP contribution in [0.5, 0.6) is 0 Å². The molecule has 0 atom stereocenters. The quantitative estimate of drug-likeness (QED) is 0.661. The minimum atomic E-state index is -3.45. The fourth-order valence-electron chi connectivity index (χ4n) is 1.73. The van der Waals surface area contributed by atoms with Crippen LogP contribution in [0.4, 0.5) is 0 Å². The van der Waals surface area contributed by atoms with Gasteiger partial charge in [0.15, 0.2) is 10.1 Å². The van der Waals surface area contributed by atoms with Gasteiger partial charge in [0.1, 0.15) is 0 Å². The molecular formula is C9H16N4O2S. The summed E-state index contributed by atoms with van der Waals surface area (Å²) >= 11 is 0. The Balaban J connectivity index is 1.98. The molecule has 0 aromatic carbocycles. The van der Waals surface area contributed by atoms with E-state index < -0.39 is 9.84 Å². The van der Waals surface area contributed by atoms with Crippen LogP contribution >= 0.6 is 0 Å². The van der Waals surface area contributed by atoms with E-state index in [-0.39, 0.29) is 10.1 Å². The number of nitrogens with zero attached hydrogens (tertiary/aromatic N) is 3. The molecule has 2 rings (SSSR count). The van der Waals surface area contributed by atoms with Crippen molar-refractivity contribution in [1.82, 2.24) is 9.80 Å². The second-order valence-corrected chi connectivity index (χ2v) is 6.09. The van der Waals surface area contributed by atoms with E-state index in [4.69, 9.17) is 5.73 Å². The Labute approximate surface area is 95.3 Å². The van der Waals surface area contributed by atoms with Crippen LogP contribution in [-0.2, 0) is 9.84 Å². The van der Waals surface area contributed by atoms with Gasteiger partial charge in [-0.05, 0) is 7.05 Å². The molecule has 0 aliphatic carbocycles. The van der Waals surface area contributed by atoms with Gasteiger partial charge in [0.05, 0.1) is 12.7 Å². The van der Waals surface area contributed by atoms with Crippen molar-refractivity contribution in [3.63, 3.8) is 0 Å². The number of likely N-dealkylation sites (N-methyl/N-ethyl adjacent to an activating group) is 1. The molecule has 1 saturated heterocycles. The van der Waals surface area contributed by atoms with Crippen molar-refractivity contribution in [2.24, 2.45) is 10.7 Å². The van der Waals surface area contributed by atoms with Crippen LogP contribution in [0, 0.1) is 0 Å². The molecule has 0 saturated carbocycles. The van der Waals surface area contributed by atoms with Crippen molar-refractivity contribution in [3.05, 3.63) is 11.2 Å². The highest BCUT2D eigenvalue weighted by molar-refractivity contribution is 8.10. The maximum absolute atomic E-state index is 11.7. The Morgan fingerprint density at radius 1 is 1.38 bits per heavy atom. The molecule has 2 heterocycles. The Morgan fingerprint density at radius 3 is 2.50 bits per heavy atom. The monoisotopic (exact) mass is 244 g/mol. The van der Waals surface area contributed by atoms with Crippen molar-refractivity contribution in [2.45, 2.75) is 0 Å². The highest BCUT2D eigenvalue weighted by Gasteiger charge is 2.29. The molecule has 2 N–H and O–H groups in total. The summed E-state index contributed by atoms with van der Waals surface area (Å²) in [6.45, 7) is 4.01. The van der Waals surface area contributed by atoms with Crippen LogP contribution in [0.3, 0.4) is 0 Å². The molecule has 2 aliphatic rings. The fourth-order valence-corrected chi connectivity index (χ4v) is 2.74. The summed E-state index contributed by atoms with van der Waals surface area (Å²) in [6.07, 6.45) is 1.22. The zero-order valence-electron chi connectivity index (χ0n) is 9.26. The largest absolute Gasteiger partial charge is 0.388 e. The molecule has 0 aromatic heterocycles. The smallest absolute Gasteiger partial charge is 0.237 e. The molecule has 0 aromatic rings. The van der Waals surface area contributed by atoms with Gasteiger partial charge in [-0.25, -0.2) is 13.4 Å². The average molecular weight is 244 g/mol. The first-order valence-electron chi connectivity index (χ1n) is 5.18. The Bertz CT molecular complexity index is 432. The zero-order chi connectivity index (χ0) is 11.8. The van der Waals surface area contributed by atoms with E-state index in [0.29, 0.717) is 6.54 Å². The third-order valence-corrected chi connectivity index (χ3v) is 4.49. The summed E-state index contributed by atoms with van der Waals surface area (Å²) in [5.74, 6) is 0. The van der Waals surface area contributed by atoms with Gasteiger partial charge in [-0.3, -0.25) is 4.90 Å². The van der Waals surface area contributed by atoms with Crippen LogP contribution < -0.4 is 5.73 Å². The molecule has 0 radical (unpaired) electrons. The van der Waals surface area contributed by atoms with E-state index in [0.717, 1.165) is 26.2 Å². The van der Waals surface area contributed by atoms with Gasteiger partial charge in [-0.2, -0.15) is 0 Å². The predicted octanol–water partition coefficient (Wildman–Crippen LogP) is -1.18. The number of hydrogen-bond donors (Lipinski definition) is 1. The van der Waals surface area contributed by atoms with Gasteiger partial charge in [0, 0.05) is 26.2 Å². The van der Waals surface area contributed by atoms with Gasteiger partial charge in [-0.15, -0.1) is 0 Å². The Kier molecular flexibility index (Phi) is 3.00. The average Bonchev–Trinajstić information content (AvgIpc) is 2.48. The summed E-state index contributed by atoms with van der Waals surface area (Å²) < 4.78 is 23.3. The number of piperazine rings is 1. The molecule has 0 spiro atoms. The topological polar surface area (TPSA) is 79.0 Å². The van der Waals surface area contributed by atoms with Crippen molar-refractivity contribution < 1.29 is 8.42 Å². The van der Waals surface area contributed by atoms with Crippen molar-refractivity contribution >= 4 is 14.9 Å². The summed E-state index contributed by atoms with van der Waals surface area (Å²) in [5.41, 5.74) is 5.36. The summed E-state index contributed by atoms with van der Waals surface area (Å²) in [4.78, 5) is 8.17. The van der Waals surface area contributed by atoms with Crippen LogP contribution in [0.1, 0.15) is 0 Å². The van der Waals surface area contributed by atoms with Gasteiger partial charge in [0.25, 0.3) is 0 Å².